The summed E-state index contributed by atoms with van der Waals surface area (Å²) < 4.78 is 3.29. The highest BCUT2D eigenvalue weighted by molar-refractivity contribution is 5.95. The summed E-state index contributed by atoms with van der Waals surface area (Å²) in [5, 5.41) is 2.76. The molecule has 7 nitrogen and oxygen atoms in total. The molecule has 1 amide bonds. The molecule has 0 radical (unpaired) electrons. The summed E-state index contributed by atoms with van der Waals surface area (Å²) in [5.74, 6) is -0.198. The van der Waals surface area contributed by atoms with Gasteiger partial charge in [-0.2, -0.15) is 0 Å². The number of hydrazine groups is 1. The van der Waals surface area contributed by atoms with E-state index in [9.17, 15) is 9.59 Å². The fourth-order valence-electron chi connectivity index (χ4n) is 2.60. The molecule has 0 bridgehead atoms. The van der Waals surface area contributed by atoms with Crippen molar-refractivity contribution in [3.8, 4) is 5.69 Å². The Hall–Kier alpha value is -2.38. The lowest BCUT2D eigenvalue weighted by molar-refractivity contribution is -0.117. The van der Waals surface area contributed by atoms with Crippen molar-refractivity contribution < 1.29 is 4.79 Å². The molecule has 0 saturated carbocycles. The number of nitrogens with zero attached hydrogens (tertiary/aromatic N) is 2. The van der Waals surface area contributed by atoms with Crippen LogP contribution >= 0.6 is 0 Å². The summed E-state index contributed by atoms with van der Waals surface area (Å²) in [4.78, 5) is 24.9. The minimum atomic E-state index is -0.316. The zero-order valence-electron chi connectivity index (χ0n) is 12.6. The third-order valence-corrected chi connectivity index (χ3v) is 3.95. The van der Waals surface area contributed by atoms with Crippen LogP contribution in [0.3, 0.4) is 0 Å². The highest BCUT2D eigenvalue weighted by Crippen LogP contribution is 2.14. The molecule has 2 aromatic rings. The van der Waals surface area contributed by atoms with Crippen LogP contribution in [0.25, 0.3) is 5.69 Å². The van der Waals surface area contributed by atoms with Crippen molar-refractivity contribution in [3.05, 3.63) is 46.4 Å². The molecule has 1 saturated heterocycles. The molecule has 1 atom stereocenters. The van der Waals surface area contributed by atoms with Crippen LogP contribution in [0, 0.1) is 6.92 Å². The number of benzene rings is 1. The zero-order chi connectivity index (χ0) is 15.7. The Kier molecular flexibility index (Phi) is 3.82. The third kappa shape index (κ3) is 2.44. The molecule has 0 aliphatic carbocycles. The first-order valence-corrected chi connectivity index (χ1v) is 7.23. The van der Waals surface area contributed by atoms with E-state index in [0.717, 1.165) is 12.2 Å². The van der Waals surface area contributed by atoms with Crippen LogP contribution in [0.2, 0.25) is 0 Å². The normalized spacial score (nSPS) is 17.6. The number of aromatic nitrogens is 2. The van der Waals surface area contributed by atoms with Crippen LogP contribution in [-0.4, -0.2) is 27.9 Å². The minimum Gasteiger partial charge on any atom is -0.319 e. The fourth-order valence-corrected chi connectivity index (χ4v) is 2.60. The maximum absolute atomic E-state index is 12.7. The fraction of sp³-hybridized carbons (Fsp3) is 0.333. The van der Waals surface area contributed by atoms with Gasteiger partial charge in [-0.15, -0.1) is 0 Å². The molecule has 1 aromatic heterocycles. The van der Waals surface area contributed by atoms with Gasteiger partial charge in [0, 0.05) is 13.6 Å². The molecule has 22 heavy (non-hydrogen) atoms. The molecule has 0 spiro atoms. The Morgan fingerprint density at radius 1 is 1.32 bits per heavy atom. The van der Waals surface area contributed by atoms with Crippen molar-refractivity contribution in [1.82, 2.24) is 20.2 Å². The predicted octanol–water partition coefficient (Wildman–Crippen LogP) is 0.289. The van der Waals surface area contributed by atoms with Crippen LogP contribution in [0.15, 0.2) is 35.1 Å². The van der Waals surface area contributed by atoms with E-state index < -0.39 is 0 Å². The van der Waals surface area contributed by atoms with Gasteiger partial charge in [0.2, 0.25) is 5.91 Å². The zero-order valence-corrected chi connectivity index (χ0v) is 12.6. The molecule has 1 aliphatic rings. The van der Waals surface area contributed by atoms with Crippen molar-refractivity contribution in [2.75, 3.05) is 11.9 Å². The number of carbonyl (C=O) groups is 1. The van der Waals surface area contributed by atoms with Crippen LogP contribution < -0.4 is 21.7 Å². The molecule has 2 heterocycles. The Morgan fingerprint density at radius 3 is 2.68 bits per heavy atom. The Balaban J connectivity index is 1.96. The summed E-state index contributed by atoms with van der Waals surface area (Å²) >= 11 is 0. The number of carbonyl (C=O) groups excluding carboxylic acids is 1. The smallest absolute Gasteiger partial charge is 0.295 e. The summed E-state index contributed by atoms with van der Waals surface area (Å²) in [6.07, 6.45) is 0.699. The Morgan fingerprint density at radius 2 is 2.05 bits per heavy atom. The maximum Gasteiger partial charge on any atom is 0.295 e. The number of amides is 1. The predicted molar refractivity (Wildman–Crippen MR) is 83.9 cm³/mol. The summed E-state index contributed by atoms with van der Waals surface area (Å²) in [6.45, 7) is 2.55. The second-order valence-electron chi connectivity index (χ2n) is 5.34. The molecule has 3 rings (SSSR count). The number of para-hydroxylation sites is 1. The van der Waals surface area contributed by atoms with Crippen molar-refractivity contribution in [2.24, 2.45) is 7.05 Å². The number of nitrogens with one attached hydrogen (secondary N) is 3. The van der Waals surface area contributed by atoms with Gasteiger partial charge in [0.15, 0.2) is 0 Å². The van der Waals surface area contributed by atoms with Gasteiger partial charge in [0.05, 0.1) is 11.4 Å². The van der Waals surface area contributed by atoms with Gasteiger partial charge in [-0.05, 0) is 25.5 Å². The average Bonchev–Trinajstić information content (AvgIpc) is 3.13. The quantitative estimate of drug-likeness (QED) is 0.761. The number of anilines is 1. The third-order valence-electron chi connectivity index (χ3n) is 3.95. The SMILES string of the molecule is Cc1c(NC(=O)C2CCNN2)c(=O)n(-c2ccccc2)n1C. The van der Waals surface area contributed by atoms with E-state index >= 15 is 0 Å². The molecule has 1 fully saturated rings. The standard InChI is InChI=1S/C15H19N5O2/c1-10-13(17-14(21)12-8-9-16-18-12)15(22)20(19(10)2)11-6-4-3-5-7-11/h3-7,12,16,18H,8-9H2,1-2H3,(H,17,21). The van der Waals surface area contributed by atoms with Gasteiger partial charge in [0.25, 0.3) is 5.56 Å². The van der Waals surface area contributed by atoms with E-state index in [2.05, 4.69) is 16.2 Å². The molecule has 1 aromatic carbocycles. The van der Waals surface area contributed by atoms with Gasteiger partial charge < -0.3 is 5.32 Å². The maximum atomic E-state index is 12.7. The van der Waals surface area contributed by atoms with Crippen molar-refractivity contribution in [3.63, 3.8) is 0 Å². The van der Waals surface area contributed by atoms with E-state index in [1.165, 1.54) is 0 Å². The van der Waals surface area contributed by atoms with Crippen molar-refractivity contribution in [2.45, 2.75) is 19.4 Å². The molecular weight excluding hydrogens is 282 g/mol. The first-order chi connectivity index (χ1) is 10.6. The number of rotatable bonds is 3. The van der Waals surface area contributed by atoms with Crippen LogP contribution in [0.1, 0.15) is 12.1 Å². The van der Waals surface area contributed by atoms with Crippen molar-refractivity contribution in [1.29, 1.82) is 0 Å². The summed E-state index contributed by atoms with van der Waals surface area (Å²) in [7, 11) is 1.80. The first-order valence-electron chi connectivity index (χ1n) is 7.23. The van der Waals surface area contributed by atoms with Gasteiger partial charge >= 0.3 is 0 Å². The highest BCUT2D eigenvalue weighted by Gasteiger charge is 2.25. The topological polar surface area (TPSA) is 80.1 Å². The van der Waals surface area contributed by atoms with Gasteiger partial charge in [-0.1, -0.05) is 18.2 Å². The molecule has 7 heteroatoms. The molecule has 116 valence electrons. The summed E-state index contributed by atoms with van der Waals surface area (Å²) in [6, 6.07) is 9.03. The number of hydrogen-bond donors (Lipinski definition) is 3. The van der Waals surface area contributed by atoms with Gasteiger partial charge in [-0.3, -0.25) is 19.7 Å². The first kappa shape index (κ1) is 14.6. The van der Waals surface area contributed by atoms with Crippen LogP contribution in [0.4, 0.5) is 5.69 Å². The lowest BCUT2D eigenvalue weighted by atomic mass is 10.2. The van der Waals surface area contributed by atoms with E-state index in [-0.39, 0.29) is 17.5 Å². The monoisotopic (exact) mass is 301 g/mol. The number of hydrogen-bond acceptors (Lipinski definition) is 4. The molecule has 3 N–H and O–H groups in total. The second kappa shape index (κ2) is 5.78. The summed E-state index contributed by atoms with van der Waals surface area (Å²) in [5.41, 5.74) is 7.37. The van der Waals surface area contributed by atoms with Crippen LogP contribution in [-0.2, 0) is 11.8 Å². The van der Waals surface area contributed by atoms with Crippen LogP contribution in [0.5, 0.6) is 0 Å². The van der Waals surface area contributed by atoms with Crippen molar-refractivity contribution >= 4 is 11.6 Å². The molecule has 1 unspecified atom stereocenters. The Bertz CT molecular complexity index is 741. The largest absolute Gasteiger partial charge is 0.319 e. The molecule has 1 aliphatic heterocycles. The van der Waals surface area contributed by atoms with E-state index in [0.29, 0.717) is 17.8 Å². The van der Waals surface area contributed by atoms with E-state index in [4.69, 9.17) is 0 Å². The second-order valence-corrected chi connectivity index (χ2v) is 5.34. The Labute approximate surface area is 127 Å². The average molecular weight is 301 g/mol. The lowest BCUT2D eigenvalue weighted by Gasteiger charge is -2.09. The lowest BCUT2D eigenvalue weighted by Crippen LogP contribution is -2.40. The molecular formula is C15H19N5O2. The van der Waals surface area contributed by atoms with Gasteiger partial charge in [0.1, 0.15) is 11.7 Å². The highest BCUT2D eigenvalue weighted by atomic mass is 16.2. The van der Waals surface area contributed by atoms with Gasteiger partial charge in [-0.25, -0.2) is 10.1 Å². The van der Waals surface area contributed by atoms with E-state index in [1.54, 1.807) is 16.4 Å². The van der Waals surface area contributed by atoms with E-state index in [1.807, 2.05) is 37.3 Å². The minimum absolute atomic E-state index is 0.198.